The number of phenols is 1. The number of thiocarbonyl (C=S) groups is 1. The van der Waals surface area contributed by atoms with Crippen molar-refractivity contribution in [2.45, 2.75) is 6.92 Å². The molecule has 0 aromatic heterocycles. The Bertz CT molecular complexity index is 922. The van der Waals surface area contributed by atoms with Gasteiger partial charge in [-0.15, -0.1) is 0 Å². The van der Waals surface area contributed by atoms with Gasteiger partial charge in [-0.1, -0.05) is 17.7 Å². The second-order valence-corrected chi connectivity index (χ2v) is 6.30. The number of hydrogen-bond donors (Lipinski definition) is 2. The van der Waals surface area contributed by atoms with Crippen LogP contribution in [0.1, 0.15) is 11.1 Å². The lowest BCUT2D eigenvalue weighted by Crippen LogP contribution is -2.54. The van der Waals surface area contributed by atoms with Crippen molar-refractivity contribution >= 4 is 52.5 Å². The van der Waals surface area contributed by atoms with Crippen molar-refractivity contribution in [1.29, 1.82) is 0 Å². The van der Waals surface area contributed by atoms with E-state index in [1.54, 1.807) is 43.3 Å². The fourth-order valence-corrected chi connectivity index (χ4v) is 2.82. The largest absolute Gasteiger partial charge is 0.508 e. The Morgan fingerprint density at radius 2 is 1.84 bits per heavy atom. The predicted molar refractivity (Wildman–Crippen MR) is 100 cm³/mol. The van der Waals surface area contributed by atoms with E-state index in [9.17, 15) is 14.7 Å². The second kappa shape index (κ2) is 6.66. The van der Waals surface area contributed by atoms with Crippen molar-refractivity contribution in [3.8, 4) is 5.75 Å². The van der Waals surface area contributed by atoms with E-state index >= 15 is 0 Å². The third-order valence-electron chi connectivity index (χ3n) is 3.72. The predicted octanol–water partition coefficient (Wildman–Crippen LogP) is 3.19. The average molecular weight is 373 g/mol. The quantitative estimate of drug-likeness (QED) is 0.482. The average Bonchev–Trinajstić information content (AvgIpc) is 2.56. The number of hydrogen-bond acceptors (Lipinski definition) is 4. The molecule has 0 spiro atoms. The lowest BCUT2D eigenvalue weighted by molar-refractivity contribution is -0.122. The third-order valence-corrected chi connectivity index (χ3v) is 4.25. The molecule has 2 aromatic rings. The summed E-state index contributed by atoms with van der Waals surface area (Å²) in [6, 6.07) is 11.4. The molecule has 1 fully saturated rings. The Balaban J connectivity index is 2.01. The van der Waals surface area contributed by atoms with Crippen molar-refractivity contribution < 1.29 is 14.7 Å². The first kappa shape index (κ1) is 17.1. The minimum Gasteiger partial charge on any atom is -0.508 e. The van der Waals surface area contributed by atoms with E-state index in [1.807, 2.05) is 0 Å². The number of carbonyl (C=O) groups is 2. The first-order valence-electron chi connectivity index (χ1n) is 7.33. The lowest BCUT2D eigenvalue weighted by atomic mass is 10.0. The van der Waals surface area contributed by atoms with Crippen LogP contribution in [-0.2, 0) is 9.59 Å². The number of halogens is 1. The number of carbonyl (C=O) groups excluding carboxylic acids is 2. The summed E-state index contributed by atoms with van der Waals surface area (Å²) in [6.45, 7) is 1.73. The van der Waals surface area contributed by atoms with E-state index < -0.39 is 11.8 Å². The van der Waals surface area contributed by atoms with E-state index in [-0.39, 0.29) is 16.4 Å². The van der Waals surface area contributed by atoms with Crippen molar-refractivity contribution in [2.24, 2.45) is 0 Å². The minimum atomic E-state index is -0.564. The second-order valence-electron chi connectivity index (χ2n) is 5.48. The highest BCUT2D eigenvalue weighted by Gasteiger charge is 2.34. The van der Waals surface area contributed by atoms with E-state index in [0.717, 1.165) is 0 Å². The molecule has 1 aliphatic heterocycles. The summed E-state index contributed by atoms with van der Waals surface area (Å²) < 4.78 is 0. The molecule has 3 rings (SSSR count). The minimum absolute atomic E-state index is 0.0105. The number of phenolic OH excluding ortho intramolecular Hbond substituents is 1. The lowest BCUT2D eigenvalue weighted by Gasteiger charge is -2.29. The van der Waals surface area contributed by atoms with E-state index in [0.29, 0.717) is 21.8 Å². The van der Waals surface area contributed by atoms with Crippen LogP contribution in [-0.4, -0.2) is 22.0 Å². The number of aryl methyl sites for hydroxylation is 1. The fourth-order valence-electron chi connectivity index (χ4n) is 2.42. The number of amides is 2. The van der Waals surface area contributed by atoms with Crippen LogP contribution in [0.4, 0.5) is 5.69 Å². The zero-order valence-electron chi connectivity index (χ0n) is 13.1. The monoisotopic (exact) mass is 372 g/mol. The zero-order valence-corrected chi connectivity index (χ0v) is 14.7. The smallest absolute Gasteiger partial charge is 0.270 e. The van der Waals surface area contributed by atoms with Crippen LogP contribution in [0.2, 0.25) is 5.02 Å². The molecule has 0 atom stereocenters. The van der Waals surface area contributed by atoms with E-state index in [1.165, 1.54) is 17.0 Å². The topological polar surface area (TPSA) is 69.6 Å². The molecular weight excluding hydrogens is 360 g/mol. The van der Waals surface area contributed by atoms with Crippen molar-refractivity contribution in [3.05, 3.63) is 64.2 Å². The maximum atomic E-state index is 12.8. The van der Waals surface area contributed by atoms with Gasteiger partial charge in [-0.2, -0.15) is 0 Å². The molecule has 1 saturated heterocycles. The summed E-state index contributed by atoms with van der Waals surface area (Å²) in [5, 5.41) is 12.7. The van der Waals surface area contributed by atoms with Crippen molar-refractivity contribution in [2.75, 3.05) is 4.90 Å². The van der Waals surface area contributed by atoms with Crippen LogP contribution in [0.5, 0.6) is 5.75 Å². The molecule has 2 amide bonds. The number of rotatable bonds is 2. The molecule has 1 heterocycles. The van der Waals surface area contributed by atoms with Gasteiger partial charge in [0.1, 0.15) is 11.3 Å². The Hall–Kier alpha value is -2.70. The fraction of sp³-hybridized carbons (Fsp3) is 0.0556. The van der Waals surface area contributed by atoms with Gasteiger partial charge in [-0.3, -0.25) is 19.8 Å². The molecule has 126 valence electrons. The van der Waals surface area contributed by atoms with Gasteiger partial charge in [0.05, 0.1) is 5.69 Å². The highest BCUT2D eigenvalue weighted by atomic mass is 35.5. The number of aromatic hydroxyl groups is 1. The van der Waals surface area contributed by atoms with Crippen LogP contribution in [0, 0.1) is 6.92 Å². The van der Waals surface area contributed by atoms with E-state index in [2.05, 4.69) is 5.32 Å². The summed E-state index contributed by atoms with van der Waals surface area (Å²) in [6.07, 6.45) is 1.47. The van der Waals surface area contributed by atoms with Gasteiger partial charge < -0.3 is 5.11 Å². The van der Waals surface area contributed by atoms with Gasteiger partial charge in [0.25, 0.3) is 11.8 Å². The molecule has 7 heteroatoms. The van der Waals surface area contributed by atoms with Crippen molar-refractivity contribution in [3.63, 3.8) is 0 Å². The van der Waals surface area contributed by atoms with Gasteiger partial charge in [-0.05, 0) is 72.7 Å². The Labute approximate surface area is 154 Å². The van der Waals surface area contributed by atoms with Gasteiger partial charge in [0.2, 0.25) is 0 Å². The zero-order chi connectivity index (χ0) is 18.1. The number of anilines is 1. The van der Waals surface area contributed by atoms with Crippen LogP contribution in [0.3, 0.4) is 0 Å². The summed E-state index contributed by atoms with van der Waals surface area (Å²) in [5.74, 6) is -0.946. The highest BCUT2D eigenvalue weighted by molar-refractivity contribution is 7.80. The van der Waals surface area contributed by atoms with E-state index in [4.69, 9.17) is 23.8 Å². The van der Waals surface area contributed by atoms with Crippen molar-refractivity contribution in [1.82, 2.24) is 5.32 Å². The van der Waals surface area contributed by atoms with Gasteiger partial charge in [0, 0.05) is 5.02 Å². The molecule has 25 heavy (non-hydrogen) atoms. The summed E-state index contributed by atoms with van der Waals surface area (Å²) >= 11 is 11.0. The molecule has 5 nitrogen and oxygen atoms in total. The summed E-state index contributed by atoms with van der Waals surface area (Å²) in [5.41, 5.74) is 1.72. The molecule has 1 aliphatic rings. The number of nitrogens with zero attached hydrogens (tertiary/aromatic N) is 1. The standard InChI is InChI=1S/C18H13ClN2O3S/c1-10-8-11(2-7-15(10)22)9-14-16(23)20-18(25)21(17(14)24)13-5-3-12(19)4-6-13/h2-9,22H,1H3,(H,20,23,25)/b14-9-. The first-order valence-corrected chi connectivity index (χ1v) is 8.12. The molecule has 0 unspecified atom stereocenters. The molecular formula is C18H13ClN2O3S. The van der Waals surface area contributed by atoms with Gasteiger partial charge in [0.15, 0.2) is 5.11 Å². The summed E-state index contributed by atoms with van der Waals surface area (Å²) in [4.78, 5) is 26.3. The highest BCUT2D eigenvalue weighted by Crippen LogP contribution is 2.24. The van der Waals surface area contributed by atoms with Crippen LogP contribution in [0.25, 0.3) is 6.08 Å². The SMILES string of the molecule is Cc1cc(/C=C2/C(=O)NC(=S)N(c3ccc(Cl)cc3)C2=O)ccc1O. The number of nitrogens with one attached hydrogen (secondary N) is 1. The summed E-state index contributed by atoms with van der Waals surface area (Å²) in [7, 11) is 0. The van der Waals surface area contributed by atoms with Crippen LogP contribution in [0.15, 0.2) is 48.0 Å². The molecule has 0 radical (unpaired) electrons. The van der Waals surface area contributed by atoms with Gasteiger partial charge >= 0.3 is 0 Å². The molecule has 0 aliphatic carbocycles. The normalized spacial score (nSPS) is 16.3. The molecule has 2 N–H and O–H groups in total. The molecule has 0 bridgehead atoms. The van der Waals surface area contributed by atoms with Gasteiger partial charge in [-0.25, -0.2) is 0 Å². The third kappa shape index (κ3) is 3.40. The first-order chi connectivity index (χ1) is 11.9. The number of benzene rings is 2. The van der Waals surface area contributed by atoms with Crippen LogP contribution >= 0.6 is 23.8 Å². The molecule has 2 aromatic carbocycles. The maximum Gasteiger partial charge on any atom is 0.270 e. The Morgan fingerprint density at radius 3 is 2.48 bits per heavy atom. The van der Waals surface area contributed by atoms with Crippen LogP contribution < -0.4 is 10.2 Å². The maximum absolute atomic E-state index is 12.8. The molecule has 0 saturated carbocycles. The Morgan fingerprint density at radius 1 is 1.16 bits per heavy atom. The Kier molecular flexibility index (Phi) is 4.57.